The molecule has 1 rings (SSSR count). The van der Waals surface area contributed by atoms with Gasteiger partial charge < -0.3 is 40.7 Å². The van der Waals surface area contributed by atoms with Crippen molar-refractivity contribution in [3.63, 3.8) is 0 Å². The lowest BCUT2D eigenvalue weighted by molar-refractivity contribution is 0.0168. The Bertz CT molecular complexity index is 700. The van der Waals surface area contributed by atoms with Crippen molar-refractivity contribution in [1.82, 2.24) is 10.6 Å². The Labute approximate surface area is 202 Å². The number of urea groups is 1. The number of nitrogens with two attached hydrogens (primary N) is 1. The molecule has 0 saturated heterocycles. The van der Waals surface area contributed by atoms with Crippen LogP contribution in [0.4, 0.5) is 10.5 Å². The zero-order chi connectivity index (χ0) is 24.7. The first-order valence-electron chi connectivity index (χ1n) is 11.5. The third-order valence-corrected chi connectivity index (χ3v) is 4.50. The number of ether oxygens (including phenoxy) is 4. The van der Waals surface area contributed by atoms with Crippen molar-refractivity contribution in [3.8, 4) is 5.75 Å². The Kier molecular flexibility index (Phi) is 18.0. The molecule has 1 aromatic carbocycles. The normalized spacial score (nSPS) is 11.6. The Morgan fingerprint density at radius 1 is 0.971 bits per heavy atom. The van der Waals surface area contributed by atoms with Crippen molar-refractivity contribution < 1.29 is 23.7 Å². The average Bonchev–Trinajstić information content (AvgIpc) is 2.85. The van der Waals surface area contributed by atoms with Crippen molar-refractivity contribution in [1.29, 1.82) is 0 Å². The van der Waals surface area contributed by atoms with E-state index in [1.807, 2.05) is 7.05 Å². The summed E-state index contributed by atoms with van der Waals surface area (Å²) in [6, 6.07) is 6.89. The summed E-state index contributed by atoms with van der Waals surface area (Å²) >= 11 is 0. The van der Waals surface area contributed by atoms with Gasteiger partial charge in [0, 0.05) is 25.0 Å². The molecule has 0 unspecified atom stereocenters. The Morgan fingerprint density at radius 2 is 1.65 bits per heavy atom. The number of anilines is 1. The maximum Gasteiger partial charge on any atom is 0.319 e. The van der Waals surface area contributed by atoms with E-state index in [2.05, 4.69) is 26.0 Å². The van der Waals surface area contributed by atoms with Gasteiger partial charge in [-0.25, -0.2) is 4.79 Å². The predicted molar refractivity (Wildman–Crippen MR) is 135 cm³/mol. The number of carbonyl (C=O) groups excluding carboxylic acids is 1. The molecule has 11 nitrogen and oxygen atoms in total. The van der Waals surface area contributed by atoms with Crippen LogP contribution in [0.1, 0.15) is 19.3 Å². The first-order chi connectivity index (χ1) is 16.7. The van der Waals surface area contributed by atoms with Crippen LogP contribution < -0.4 is 26.5 Å². The maximum atomic E-state index is 11.9. The van der Waals surface area contributed by atoms with E-state index in [1.54, 1.807) is 37.6 Å². The number of methoxy groups -OCH3 is 1. The molecule has 0 saturated carbocycles. The number of benzene rings is 1. The van der Waals surface area contributed by atoms with E-state index in [4.69, 9.17) is 24.8 Å². The molecule has 0 bridgehead atoms. The van der Waals surface area contributed by atoms with Gasteiger partial charge in [0.15, 0.2) is 0 Å². The molecule has 5 N–H and O–H groups in total. The molecule has 34 heavy (non-hydrogen) atoms. The second kappa shape index (κ2) is 20.8. The smallest absolute Gasteiger partial charge is 0.319 e. The van der Waals surface area contributed by atoms with Crippen LogP contribution in [0, 0.1) is 0 Å². The first kappa shape index (κ1) is 29.3. The van der Waals surface area contributed by atoms with Crippen molar-refractivity contribution >= 4 is 23.6 Å². The molecule has 0 radical (unpaired) electrons. The minimum atomic E-state index is -0.247. The lowest BCUT2D eigenvalue weighted by Crippen LogP contribution is -2.29. The molecule has 0 spiro atoms. The minimum Gasteiger partial charge on any atom is -0.497 e. The minimum absolute atomic E-state index is 0.247. The van der Waals surface area contributed by atoms with Gasteiger partial charge >= 0.3 is 6.03 Å². The number of hydrazone groups is 1. The summed E-state index contributed by atoms with van der Waals surface area (Å²) in [5.74, 6) is 6.17. The van der Waals surface area contributed by atoms with E-state index in [1.165, 1.54) is 0 Å². The van der Waals surface area contributed by atoms with E-state index in [0.717, 1.165) is 25.1 Å². The van der Waals surface area contributed by atoms with Gasteiger partial charge in [0.25, 0.3) is 0 Å². The number of amides is 2. The second-order valence-electron chi connectivity index (χ2n) is 7.16. The van der Waals surface area contributed by atoms with E-state index in [9.17, 15) is 4.79 Å². The molecular formula is C23H40N6O5. The fourth-order valence-electron chi connectivity index (χ4n) is 2.65. The molecule has 1 aromatic rings. The summed E-state index contributed by atoms with van der Waals surface area (Å²) in [6.45, 7) is 5.29. The average molecular weight is 481 g/mol. The Balaban J connectivity index is 1.99. The van der Waals surface area contributed by atoms with Crippen LogP contribution in [0.5, 0.6) is 5.75 Å². The Hall–Kier alpha value is -2.73. The highest BCUT2D eigenvalue weighted by Gasteiger charge is 2.02. The summed E-state index contributed by atoms with van der Waals surface area (Å²) in [4.78, 5) is 16.2. The quantitative estimate of drug-likeness (QED) is 0.0962. The van der Waals surface area contributed by atoms with Gasteiger partial charge in [0.1, 0.15) is 5.75 Å². The number of aliphatic imine (C=N–C) groups is 1. The van der Waals surface area contributed by atoms with Crippen molar-refractivity contribution in [2.75, 3.05) is 78.7 Å². The van der Waals surface area contributed by atoms with Gasteiger partial charge in [-0.3, -0.25) is 4.99 Å². The van der Waals surface area contributed by atoms with Gasteiger partial charge in [-0.05, 0) is 50.6 Å². The fourth-order valence-corrected chi connectivity index (χ4v) is 2.65. The van der Waals surface area contributed by atoms with E-state index < -0.39 is 0 Å². The largest absolute Gasteiger partial charge is 0.497 e. The summed E-state index contributed by atoms with van der Waals surface area (Å²) in [7, 11) is 3.49. The van der Waals surface area contributed by atoms with Crippen molar-refractivity contribution in [2.45, 2.75) is 19.3 Å². The third kappa shape index (κ3) is 16.0. The Morgan fingerprint density at radius 3 is 2.29 bits per heavy atom. The molecular weight excluding hydrogens is 440 g/mol. The predicted octanol–water partition coefficient (Wildman–Crippen LogP) is 1.64. The summed E-state index contributed by atoms with van der Waals surface area (Å²) in [5.41, 5.74) is 1.42. The number of likely N-dealkylation sites (N-methyl/N-ethyl adjacent to an activating group) is 1. The molecule has 0 aliphatic rings. The summed E-state index contributed by atoms with van der Waals surface area (Å²) in [5, 5.41) is 12.4. The van der Waals surface area contributed by atoms with Crippen LogP contribution in [-0.2, 0) is 14.2 Å². The maximum absolute atomic E-state index is 11.9. The highest BCUT2D eigenvalue weighted by atomic mass is 16.5. The summed E-state index contributed by atoms with van der Waals surface area (Å²) in [6.07, 6.45) is 3.99. The van der Waals surface area contributed by atoms with Crippen LogP contribution >= 0.6 is 0 Å². The molecule has 0 fully saturated rings. The molecule has 0 atom stereocenters. The summed E-state index contributed by atoms with van der Waals surface area (Å²) < 4.78 is 21.3. The highest BCUT2D eigenvalue weighted by molar-refractivity contribution is 6.30. The van der Waals surface area contributed by atoms with E-state index in [0.29, 0.717) is 70.6 Å². The molecule has 0 aliphatic carbocycles. The number of nitrogens with one attached hydrogen (secondary N) is 3. The number of rotatable bonds is 20. The molecule has 0 heterocycles. The zero-order valence-electron chi connectivity index (χ0n) is 20.4. The van der Waals surface area contributed by atoms with Crippen molar-refractivity contribution in [3.05, 3.63) is 24.3 Å². The lowest BCUT2D eigenvalue weighted by Gasteiger charge is -2.08. The number of hydrogen-bond acceptors (Lipinski definition) is 9. The zero-order valence-corrected chi connectivity index (χ0v) is 20.4. The van der Waals surface area contributed by atoms with Crippen molar-refractivity contribution in [2.24, 2.45) is 15.9 Å². The third-order valence-electron chi connectivity index (χ3n) is 4.50. The number of carbonyl (C=O) groups is 1. The lowest BCUT2D eigenvalue weighted by atomic mass is 10.2. The molecule has 2 amide bonds. The van der Waals surface area contributed by atoms with Crippen LogP contribution in [0.2, 0.25) is 0 Å². The van der Waals surface area contributed by atoms with Crippen LogP contribution in [0.3, 0.4) is 0 Å². The SMILES string of the molecule is CNCCOCCOCCOCCN=C/C(CCCCNC(=O)Nc1ccc(OC)cc1)=N\N. The molecule has 0 aromatic heterocycles. The van der Waals surface area contributed by atoms with Crippen LogP contribution in [0.25, 0.3) is 0 Å². The molecule has 192 valence electrons. The van der Waals surface area contributed by atoms with Crippen LogP contribution in [0.15, 0.2) is 34.4 Å². The standard InChI is InChI=1S/C23H40N6O5/c1-25-11-13-32-15-17-34-18-16-33-14-12-26-19-21(29-24)5-3-4-10-27-23(30)28-20-6-8-22(31-2)9-7-20/h6-9,19,25H,3-5,10-18,24H2,1-2H3,(H2,27,28,30)/b26-19?,29-21-. The van der Waals surface area contributed by atoms with Gasteiger partial charge in [0.2, 0.25) is 0 Å². The number of unbranched alkanes of at least 4 members (excludes halogenated alkanes) is 1. The van der Waals surface area contributed by atoms with E-state index >= 15 is 0 Å². The highest BCUT2D eigenvalue weighted by Crippen LogP contribution is 2.14. The molecule has 11 heteroatoms. The number of nitrogens with zero attached hydrogens (tertiary/aromatic N) is 2. The first-order valence-corrected chi connectivity index (χ1v) is 11.5. The monoisotopic (exact) mass is 480 g/mol. The second-order valence-corrected chi connectivity index (χ2v) is 7.16. The fraction of sp³-hybridized carbons (Fsp3) is 0.609. The topological polar surface area (TPSA) is 141 Å². The van der Waals surface area contributed by atoms with Crippen LogP contribution in [-0.4, -0.2) is 91.4 Å². The van der Waals surface area contributed by atoms with Gasteiger partial charge in [0.05, 0.1) is 59.0 Å². The van der Waals surface area contributed by atoms with Gasteiger partial charge in [-0.2, -0.15) is 5.10 Å². The molecule has 0 aliphatic heterocycles. The number of hydrogen-bond donors (Lipinski definition) is 4. The van der Waals surface area contributed by atoms with E-state index in [-0.39, 0.29) is 6.03 Å². The van der Waals surface area contributed by atoms with Gasteiger partial charge in [-0.15, -0.1) is 0 Å². The van der Waals surface area contributed by atoms with Gasteiger partial charge in [-0.1, -0.05) is 0 Å².